The Hall–Kier alpha value is -1.66. The summed E-state index contributed by atoms with van der Waals surface area (Å²) >= 11 is 5.78. The van der Waals surface area contributed by atoms with Crippen molar-refractivity contribution in [2.24, 2.45) is 5.73 Å². The summed E-state index contributed by atoms with van der Waals surface area (Å²) in [4.78, 5) is 2.05. The molecule has 0 unspecified atom stereocenters. The molecule has 1 saturated carbocycles. The van der Waals surface area contributed by atoms with E-state index in [-0.39, 0.29) is 17.1 Å². The molecule has 0 bridgehead atoms. The fourth-order valence-corrected chi connectivity index (χ4v) is 3.60. The van der Waals surface area contributed by atoms with Crippen LogP contribution in [0.25, 0.3) is 0 Å². The second kappa shape index (κ2) is 7.70. The Bertz CT molecular complexity index is 716. The highest BCUT2D eigenvalue weighted by atomic mass is 35.5. The van der Waals surface area contributed by atoms with Gasteiger partial charge >= 0.3 is 0 Å². The van der Waals surface area contributed by atoms with E-state index in [9.17, 15) is 9.50 Å². The van der Waals surface area contributed by atoms with Gasteiger partial charge in [-0.05, 0) is 24.7 Å². The number of hydrogen-bond donors (Lipinski definition) is 2. The lowest BCUT2D eigenvalue weighted by molar-refractivity contribution is 0.0137. The van der Waals surface area contributed by atoms with Crippen molar-refractivity contribution in [2.45, 2.75) is 37.3 Å². The van der Waals surface area contributed by atoms with Crippen LogP contribution in [0.2, 0.25) is 5.02 Å². The van der Waals surface area contributed by atoms with Gasteiger partial charge in [0.1, 0.15) is 23.8 Å². The number of rotatable bonds is 5. The van der Waals surface area contributed by atoms with Crippen molar-refractivity contribution < 1.29 is 14.2 Å². The Morgan fingerprint density at radius 1 is 1.28 bits per heavy atom. The summed E-state index contributed by atoms with van der Waals surface area (Å²) in [6, 6.07) is 13.7. The molecule has 0 heterocycles. The van der Waals surface area contributed by atoms with Crippen LogP contribution in [0.5, 0.6) is 5.75 Å². The summed E-state index contributed by atoms with van der Waals surface area (Å²) in [6.45, 7) is 0.686. The average Bonchev–Trinajstić information content (AvgIpc) is 2.86. The first kappa shape index (κ1) is 18.1. The van der Waals surface area contributed by atoms with E-state index in [1.54, 1.807) is 0 Å². The van der Waals surface area contributed by atoms with Gasteiger partial charge in [-0.2, -0.15) is 0 Å². The van der Waals surface area contributed by atoms with E-state index in [0.29, 0.717) is 18.7 Å². The van der Waals surface area contributed by atoms with Crippen molar-refractivity contribution in [3.8, 4) is 5.75 Å². The van der Waals surface area contributed by atoms with Crippen LogP contribution in [0.1, 0.15) is 12.0 Å². The third-order valence-corrected chi connectivity index (χ3v) is 4.93. The van der Waals surface area contributed by atoms with Crippen molar-refractivity contribution in [3.63, 3.8) is 0 Å². The molecule has 0 radical (unpaired) electrons. The van der Waals surface area contributed by atoms with E-state index in [1.807, 2.05) is 42.3 Å². The van der Waals surface area contributed by atoms with Gasteiger partial charge in [0, 0.05) is 25.1 Å². The lowest BCUT2D eigenvalue weighted by atomic mass is 10.1. The van der Waals surface area contributed by atoms with Gasteiger partial charge in [0.2, 0.25) is 0 Å². The minimum atomic E-state index is -0.743. The maximum absolute atomic E-state index is 13.3. The number of ether oxygens (including phenoxy) is 1. The molecule has 2 aromatic carbocycles. The second-order valence-electron chi connectivity index (χ2n) is 6.51. The zero-order chi connectivity index (χ0) is 18.0. The van der Waals surface area contributed by atoms with Gasteiger partial charge in [-0.1, -0.05) is 41.9 Å². The Morgan fingerprint density at radius 2 is 2.00 bits per heavy atom. The summed E-state index contributed by atoms with van der Waals surface area (Å²) in [6.07, 6.45) is -0.688. The molecule has 3 N–H and O–H groups in total. The molecule has 6 heteroatoms. The molecule has 1 fully saturated rings. The van der Waals surface area contributed by atoms with Crippen LogP contribution < -0.4 is 10.5 Å². The molecule has 3 rings (SSSR count). The number of likely N-dealkylation sites (N-methyl/N-ethyl adjacent to an activating group) is 1. The van der Waals surface area contributed by atoms with E-state index in [2.05, 4.69) is 0 Å². The number of halogens is 2. The highest BCUT2D eigenvalue weighted by Crippen LogP contribution is 2.30. The lowest BCUT2D eigenvalue weighted by Gasteiger charge is -2.30. The predicted octanol–water partition coefficient (Wildman–Crippen LogP) is 2.82. The Labute approximate surface area is 152 Å². The number of hydrogen-bond acceptors (Lipinski definition) is 4. The lowest BCUT2D eigenvalue weighted by Crippen LogP contribution is -2.48. The number of aliphatic hydroxyl groups excluding tert-OH is 1. The largest absolute Gasteiger partial charge is 0.488 e. The molecule has 25 heavy (non-hydrogen) atoms. The first-order valence-electron chi connectivity index (χ1n) is 8.25. The molecule has 0 aliphatic heterocycles. The predicted molar refractivity (Wildman–Crippen MR) is 96.1 cm³/mol. The van der Waals surface area contributed by atoms with Crippen molar-refractivity contribution in [1.82, 2.24) is 4.90 Å². The summed E-state index contributed by atoms with van der Waals surface area (Å²) in [5.41, 5.74) is 7.41. The third kappa shape index (κ3) is 4.12. The van der Waals surface area contributed by atoms with Crippen LogP contribution in [-0.4, -0.2) is 41.3 Å². The summed E-state index contributed by atoms with van der Waals surface area (Å²) in [7, 11) is 1.94. The standard InChI is InChI=1S/C19H22ClFN2O2/c1-23(11-12-5-3-2-4-6-12)18-16(22)10-17(19(18)24)25-13-7-8-15(21)14(20)9-13/h2-9,16-19,24H,10-11,22H2,1H3/t16-,17-,18+,19+/m1/s1. The third-order valence-electron chi connectivity index (χ3n) is 4.64. The van der Waals surface area contributed by atoms with E-state index in [1.165, 1.54) is 18.2 Å². The van der Waals surface area contributed by atoms with Crippen LogP contribution in [0.4, 0.5) is 4.39 Å². The van der Waals surface area contributed by atoms with Crippen molar-refractivity contribution in [3.05, 3.63) is 64.9 Å². The van der Waals surface area contributed by atoms with Crippen LogP contribution in [0.3, 0.4) is 0 Å². The molecule has 1 aliphatic rings. The smallest absolute Gasteiger partial charge is 0.142 e. The van der Waals surface area contributed by atoms with Crippen LogP contribution in [0.15, 0.2) is 48.5 Å². The molecule has 0 saturated heterocycles. The molecule has 0 aromatic heterocycles. The molecule has 4 nitrogen and oxygen atoms in total. The monoisotopic (exact) mass is 364 g/mol. The maximum Gasteiger partial charge on any atom is 0.142 e. The summed E-state index contributed by atoms with van der Waals surface area (Å²) < 4.78 is 19.1. The van der Waals surface area contributed by atoms with Gasteiger partial charge in [-0.25, -0.2) is 4.39 Å². The number of nitrogens with zero attached hydrogens (tertiary/aromatic N) is 1. The molecule has 134 valence electrons. The molecule has 4 atom stereocenters. The zero-order valence-electron chi connectivity index (χ0n) is 14.0. The highest BCUT2D eigenvalue weighted by molar-refractivity contribution is 6.30. The van der Waals surface area contributed by atoms with Crippen LogP contribution in [-0.2, 0) is 6.54 Å². The van der Waals surface area contributed by atoms with Gasteiger partial charge in [-0.3, -0.25) is 4.90 Å². The van der Waals surface area contributed by atoms with Gasteiger partial charge in [0.05, 0.1) is 11.1 Å². The maximum atomic E-state index is 13.3. The summed E-state index contributed by atoms with van der Waals surface area (Å²) in [5.74, 6) is -0.0767. The van der Waals surface area contributed by atoms with Gasteiger partial charge in [-0.15, -0.1) is 0 Å². The van der Waals surface area contributed by atoms with Crippen molar-refractivity contribution >= 4 is 11.6 Å². The molecule has 1 aliphatic carbocycles. The molecule has 2 aromatic rings. The topological polar surface area (TPSA) is 58.7 Å². The quantitative estimate of drug-likeness (QED) is 0.856. The Kier molecular flexibility index (Phi) is 5.59. The molecular weight excluding hydrogens is 343 g/mol. The van der Waals surface area contributed by atoms with Crippen molar-refractivity contribution in [1.29, 1.82) is 0 Å². The number of aliphatic hydroxyl groups is 1. The van der Waals surface area contributed by atoms with E-state index in [4.69, 9.17) is 22.1 Å². The minimum absolute atomic E-state index is 0.00738. The Morgan fingerprint density at radius 3 is 2.68 bits per heavy atom. The second-order valence-corrected chi connectivity index (χ2v) is 6.92. The summed E-state index contributed by atoms with van der Waals surface area (Å²) in [5, 5.41) is 10.7. The molecule has 0 amide bonds. The normalized spacial score (nSPS) is 26.2. The molecule has 0 spiro atoms. The SMILES string of the molecule is CN(Cc1ccccc1)[C@@H]1[C@@H](O)[C@H](Oc2ccc(F)c(Cl)c2)C[C@H]1N. The first-order valence-corrected chi connectivity index (χ1v) is 8.63. The molecular formula is C19H22ClFN2O2. The van der Waals surface area contributed by atoms with Crippen LogP contribution >= 0.6 is 11.6 Å². The number of benzene rings is 2. The van der Waals surface area contributed by atoms with Crippen LogP contribution in [0, 0.1) is 5.82 Å². The highest BCUT2D eigenvalue weighted by Gasteiger charge is 2.44. The number of nitrogens with two attached hydrogens (primary N) is 1. The van der Waals surface area contributed by atoms with E-state index >= 15 is 0 Å². The Balaban J connectivity index is 1.67. The van der Waals surface area contributed by atoms with Gasteiger partial charge in [0.15, 0.2) is 0 Å². The zero-order valence-corrected chi connectivity index (χ0v) is 14.7. The fraction of sp³-hybridized carbons (Fsp3) is 0.368. The van der Waals surface area contributed by atoms with E-state index < -0.39 is 18.0 Å². The van der Waals surface area contributed by atoms with Gasteiger partial charge in [0.25, 0.3) is 0 Å². The van der Waals surface area contributed by atoms with E-state index in [0.717, 1.165) is 5.56 Å². The van der Waals surface area contributed by atoms with Crippen molar-refractivity contribution in [2.75, 3.05) is 7.05 Å². The average molecular weight is 365 g/mol. The van der Waals surface area contributed by atoms with Gasteiger partial charge < -0.3 is 15.6 Å². The fourth-order valence-electron chi connectivity index (χ4n) is 3.43. The minimum Gasteiger partial charge on any atom is -0.488 e. The first-order chi connectivity index (χ1) is 12.0.